The number of amides is 1. The molecule has 3 N–H and O–H groups in total. The van der Waals surface area contributed by atoms with Crippen LogP contribution in [0.1, 0.15) is 13.3 Å². The van der Waals surface area contributed by atoms with Gasteiger partial charge in [-0.1, -0.05) is 6.92 Å². The van der Waals surface area contributed by atoms with E-state index in [0.29, 0.717) is 23.6 Å². The topological polar surface area (TPSA) is 73.6 Å². The van der Waals surface area contributed by atoms with Crippen molar-refractivity contribution < 1.29 is 14.3 Å². The first-order valence-electron chi connectivity index (χ1n) is 5.40. The van der Waals surface area contributed by atoms with E-state index in [1.807, 2.05) is 6.92 Å². The average Bonchev–Trinajstić information content (AvgIpc) is 2.37. The van der Waals surface area contributed by atoms with Crippen molar-refractivity contribution in [1.82, 2.24) is 0 Å². The number of methoxy groups -OCH3 is 2. The molecule has 0 fully saturated rings. The van der Waals surface area contributed by atoms with E-state index in [0.717, 1.165) is 0 Å². The quantitative estimate of drug-likeness (QED) is 0.812. The number of ether oxygens (including phenoxy) is 2. The van der Waals surface area contributed by atoms with Crippen molar-refractivity contribution in [3.8, 4) is 11.5 Å². The third-order valence-corrected chi connectivity index (χ3v) is 2.43. The van der Waals surface area contributed by atoms with Crippen molar-refractivity contribution in [2.75, 3.05) is 19.5 Å². The SMILES string of the molecule is CC[C@H](N)C(=O)Nc1ccc(OC)c(OC)c1. The second kappa shape index (κ2) is 6.10. The van der Waals surface area contributed by atoms with Gasteiger partial charge >= 0.3 is 0 Å². The smallest absolute Gasteiger partial charge is 0.241 e. The minimum atomic E-state index is -0.497. The molecule has 1 aromatic carbocycles. The fourth-order valence-corrected chi connectivity index (χ4v) is 1.33. The Morgan fingerprint density at radius 2 is 2.00 bits per heavy atom. The van der Waals surface area contributed by atoms with Gasteiger partial charge in [0.25, 0.3) is 0 Å². The number of anilines is 1. The molecule has 0 aromatic heterocycles. The third-order valence-electron chi connectivity index (χ3n) is 2.43. The van der Waals surface area contributed by atoms with Gasteiger partial charge in [0.15, 0.2) is 11.5 Å². The van der Waals surface area contributed by atoms with Crippen molar-refractivity contribution in [3.05, 3.63) is 18.2 Å². The zero-order chi connectivity index (χ0) is 12.8. The molecule has 0 heterocycles. The summed E-state index contributed by atoms with van der Waals surface area (Å²) in [6.45, 7) is 1.86. The maximum Gasteiger partial charge on any atom is 0.241 e. The van der Waals surface area contributed by atoms with Crippen LogP contribution in [0, 0.1) is 0 Å². The second-order valence-corrected chi connectivity index (χ2v) is 3.57. The summed E-state index contributed by atoms with van der Waals surface area (Å²) in [5.41, 5.74) is 6.26. The Morgan fingerprint density at radius 1 is 1.35 bits per heavy atom. The van der Waals surface area contributed by atoms with Crippen molar-refractivity contribution in [3.63, 3.8) is 0 Å². The molecule has 0 aliphatic heterocycles. The van der Waals surface area contributed by atoms with E-state index >= 15 is 0 Å². The minimum absolute atomic E-state index is 0.209. The maximum absolute atomic E-state index is 11.6. The lowest BCUT2D eigenvalue weighted by atomic mass is 10.2. The van der Waals surface area contributed by atoms with Gasteiger partial charge in [0, 0.05) is 11.8 Å². The van der Waals surface area contributed by atoms with Crippen LogP contribution >= 0.6 is 0 Å². The molecule has 5 heteroatoms. The molecule has 0 aliphatic rings. The van der Waals surface area contributed by atoms with Crippen LogP contribution in [0.5, 0.6) is 11.5 Å². The van der Waals surface area contributed by atoms with E-state index in [4.69, 9.17) is 15.2 Å². The summed E-state index contributed by atoms with van der Waals surface area (Å²) >= 11 is 0. The summed E-state index contributed by atoms with van der Waals surface area (Å²) < 4.78 is 10.2. The van der Waals surface area contributed by atoms with Gasteiger partial charge in [0.1, 0.15) is 0 Å². The highest BCUT2D eigenvalue weighted by molar-refractivity contribution is 5.94. The van der Waals surface area contributed by atoms with E-state index in [-0.39, 0.29) is 5.91 Å². The third kappa shape index (κ3) is 3.35. The summed E-state index contributed by atoms with van der Waals surface area (Å²) in [7, 11) is 3.10. The predicted octanol–water partition coefficient (Wildman–Crippen LogP) is 1.38. The molecule has 1 rings (SSSR count). The number of nitrogens with one attached hydrogen (secondary N) is 1. The standard InChI is InChI=1S/C12H18N2O3/c1-4-9(13)12(15)14-8-5-6-10(16-2)11(7-8)17-3/h5-7,9H,4,13H2,1-3H3,(H,14,15)/t9-/m0/s1. The Labute approximate surface area is 101 Å². The lowest BCUT2D eigenvalue weighted by Crippen LogP contribution is -2.34. The molecule has 0 spiro atoms. The summed E-state index contributed by atoms with van der Waals surface area (Å²) in [5, 5.41) is 2.72. The van der Waals surface area contributed by atoms with E-state index in [9.17, 15) is 4.79 Å². The highest BCUT2D eigenvalue weighted by Gasteiger charge is 2.12. The first-order valence-corrected chi connectivity index (χ1v) is 5.40. The number of rotatable bonds is 5. The first kappa shape index (κ1) is 13.3. The van der Waals surface area contributed by atoms with Gasteiger partial charge < -0.3 is 20.5 Å². The minimum Gasteiger partial charge on any atom is -0.493 e. The van der Waals surface area contributed by atoms with E-state index < -0.39 is 6.04 Å². The van der Waals surface area contributed by atoms with Gasteiger partial charge in [-0.3, -0.25) is 4.79 Å². The van der Waals surface area contributed by atoms with Crippen LogP contribution in [0.25, 0.3) is 0 Å². The zero-order valence-corrected chi connectivity index (χ0v) is 10.3. The van der Waals surface area contributed by atoms with Gasteiger partial charge in [-0.2, -0.15) is 0 Å². The molecule has 1 aromatic rings. The average molecular weight is 238 g/mol. The van der Waals surface area contributed by atoms with Crippen molar-refractivity contribution in [2.24, 2.45) is 5.73 Å². The van der Waals surface area contributed by atoms with Gasteiger partial charge in [0.2, 0.25) is 5.91 Å². The molecular weight excluding hydrogens is 220 g/mol. The number of benzene rings is 1. The fourth-order valence-electron chi connectivity index (χ4n) is 1.33. The monoisotopic (exact) mass is 238 g/mol. The Morgan fingerprint density at radius 3 is 2.53 bits per heavy atom. The Bertz CT molecular complexity index is 393. The molecular formula is C12H18N2O3. The van der Waals surface area contributed by atoms with Crippen LogP contribution in [-0.2, 0) is 4.79 Å². The lowest BCUT2D eigenvalue weighted by Gasteiger charge is -2.12. The largest absolute Gasteiger partial charge is 0.493 e. The van der Waals surface area contributed by atoms with Crippen LogP contribution < -0.4 is 20.5 Å². The van der Waals surface area contributed by atoms with Crippen molar-refractivity contribution in [2.45, 2.75) is 19.4 Å². The van der Waals surface area contributed by atoms with Crippen molar-refractivity contribution >= 4 is 11.6 Å². The van der Waals surface area contributed by atoms with Gasteiger partial charge in [-0.05, 0) is 18.6 Å². The molecule has 5 nitrogen and oxygen atoms in total. The second-order valence-electron chi connectivity index (χ2n) is 3.57. The van der Waals surface area contributed by atoms with Crippen LogP contribution in [0.2, 0.25) is 0 Å². The number of hydrogen-bond donors (Lipinski definition) is 2. The Kier molecular flexibility index (Phi) is 4.78. The zero-order valence-electron chi connectivity index (χ0n) is 10.3. The van der Waals surface area contributed by atoms with Crippen LogP contribution in [0.3, 0.4) is 0 Å². The highest BCUT2D eigenvalue weighted by Crippen LogP contribution is 2.29. The van der Waals surface area contributed by atoms with E-state index in [1.165, 1.54) is 0 Å². The molecule has 0 bridgehead atoms. The fraction of sp³-hybridized carbons (Fsp3) is 0.417. The molecule has 0 unspecified atom stereocenters. The number of nitrogens with two attached hydrogens (primary N) is 1. The summed E-state index contributed by atoms with van der Waals surface area (Å²) in [6.07, 6.45) is 0.596. The predicted molar refractivity (Wildman–Crippen MR) is 66.4 cm³/mol. The maximum atomic E-state index is 11.6. The van der Waals surface area contributed by atoms with Gasteiger partial charge in [-0.15, -0.1) is 0 Å². The highest BCUT2D eigenvalue weighted by atomic mass is 16.5. The van der Waals surface area contributed by atoms with Crippen LogP contribution in [0.4, 0.5) is 5.69 Å². The summed E-state index contributed by atoms with van der Waals surface area (Å²) in [5.74, 6) is 0.973. The molecule has 17 heavy (non-hydrogen) atoms. The van der Waals surface area contributed by atoms with Crippen LogP contribution in [0.15, 0.2) is 18.2 Å². The normalized spacial score (nSPS) is 11.8. The van der Waals surface area contributed by atoms with Crippen LogP contribution in [-0.4, -0.2) is 26.2 Å². The molecule has 0 saturated carbocycles. The van der Waals surface area contributed by atoms with Gasteiger partial charge in [-0.25, -0.2) is 0 Å². The molecule has 1 amide bonds. The van der Waals surface area contributed by atoms with E-state index in [1.54, 1.807) is 32.4 Å². The molecule has 0 saturated heterocycles. The van der Waals surface area contributed by atoms with Gasteiger partial charge in [0.05, 0.1) is 20.3 Å². The Balaban J connectivity index is 2.82. The molecule has 0 aliphatic carbocycles. The van der Waals surface area contributed by atoms with Crippen molar-refractivity contribution in [1.29, 1.82) is 0 Å². The lowest BCUT2D eigenvalue weighted by molar-refractivity contribution is -0.117. The first-order chi connectivity index (χ1) is 8.12. The molecule has 0 radical (unpaired) electrons. The summed E-state index contributed by atoms with van der Waals surface area (Å²) in [6, 6.07) is 4.66. The number of carbonyl (C=O) groups is 1. The molecule has 1 atom stereocenters. The Hall–Kier alpha value is -1.75. The van der Waals surface area contributed by atoms with E-state index in [2.05, 4.69) is 5.32 Å². The molecule has 94 valence electrons. The summed E-state index contributed by atoms with van der Waals surface area (Å²) in [4.78, 5) is 11.6. The number of hydrogen-bond acceptors (Lipinski definition) is 4. The number of carbonyl (C=O) groups excluding carboxylic acids is 1.